The molecule has 90 valence electrons. The molecule has 2 aromatic rings. The zero-order valence-corrected chi connectivity index (χ0v) is 10.9. The Labute approximate surface area is 107 Å². The Morgan fingerprint density at radius 2 is 2.29 bits per heavy atom. The van der Waals surface area contributed by atoms with Crippen LogP contribution in [0.4, 0.5) is 5.95 Å². The first-order valence-corrected chi connectivity index (χ1v) is 5.96. The maximum Gasteiger partial charge on any atom is 0.240 e. The third-order valence-corrected chi connectivity index (χ3v) is 2.51. The van der Waals surface area contributed by atoms with Crippen molar-refractivity contribution in [2.45, 2.75) is 13.3 Å². The van der Waals surface area contributed by atoms with Gasteiger partial charge in [0.25, 0.3) is 0 Å². The van der Waals surface area contributed by atoms with Crippen LogP contribution in [-0.4, -0.2) is 26.4 Å². The van der Waals surface area contributed by atoms with Gasteiger partial charge in [0.15, 0.2) is 0 Å². The van der Waals surface area contributed by atoms with Crippen LogP contribution in [0.15, 0.2) is 23.2 Å². The largest absolute Gasteiger partial charge is 0.492 e. The van der Waals surface area contributed by atoms with E-state index in [1.54, 1.807) is 17.1 Å². The van der Waals surface area contributed by atoms with E-state index in [9.17, 15) is 0 Å². The molecular weight excluding hydrogens is 286 g/mol. The highest BCUT2D eigenvalue weighted by Gasteiger charge is 2.08. The van der Waals surface area contributed by atoms with Crippen molar-refractivity contribution in [2.24, 2.45) is 0 Å². The molecule has 0 aliphatic carbocycles. The van der Waals surface area contributed by atoms with Gasteiger partial charge in [-0.1, -0.05) is 6.92 Å². The van der Waals surface area contributed by atoms with Crippen LogP contribution >= 0.6 is 15.9 Å². The standard InChI is InChI=1S/C10H12BrN5O/c1-2-3-17-8-4-7(5-13-6-8)16-9(11)14-10(12)15-16/h4-6H,2-3H2,1H3,(H2,12,15). The second-order valence-electron chi connectivity index (χ2n) is 3.38. The zero-order chi connectivity index (χ0) is 12.3. The molecule has 0 saturated heterocycles. The molecule has 2 aromatic heterocycles. The highest BCUT2D eigenvalue weighted by Crippen LogP contribution is 2.18. The van der Waals surface area contributed by atoms with Gasteiger partial charge in [0.2, 0.25) is 10.7 Å². The van der Waals surface area contributed by atoms with Gasteiger partial charge in [-0.2, -0.15) is 4.98 Å². The van der Waals surface area contributed by atoms with Crippen LogP contribution in [-0.2, 0) is 0 Å². The fourth-order valence-corrected chi connectivity index (χ4v) is 1.76. The van der Waals surface area contributed by atoms with Gasteiger partial charge in [-0.3, -0.25) is 4.98 Å². The van der Waals surface area contributed by atoms with E-state index in [0.29, 0.717) is 17.1 Å². The van der Waals surface area contributed by atoms with Crippen LogP contribution in [0.5, 0.6) is 5.75 Å². The highest BCUT2D eigenvalue weighted by molar-refractivity contribution is 9.10. The molecule has 2 heterocycles. The summed E-state index contributed by atoms with van der Waals surface area (Å²) in [5.74, 6) is 0.905. The number of rotatable bonds is 4. The van der Waals surface area contributed by atoms with E-state index >= 15 is 0 Å². The molecule has 0 saturated carbocycles. The summed E-state index contributed by atoms with van der Waals surface area (Å²) >= 11 is 3.27. The first-order chi connectivity index (χ1) is 8.20. The number of pyridine rings is 1. The highest BCUT2D eigenvalue weighted by atomic mass is 79.9. The van der Waals surface area contributed by atoms with Gasteiger partial charge in [-0.25, -0.2) is 4.68 Å². The molecular formula is C10H12BrN5O. The van der Waals surface area contributed by atoms with Crippen LogP contribution in [0.3, 0.4) is 0 Å². The van der Waals surface area contributed by atoms with Crippen molar-refractivity contribution < 1.29 is 4.74 Å². The minimum Gasteiger partial charge on any atom is -0.492 e. The number of nitrogen functional groups attached to an aromatic ring is 1. The minimum absolute atomic E-state index is 0.205. The first-order valence-electron chi connectivity index (χ1n) is 5.17. The lowest BCUT2D eigenvalue weighted by molar-refractivity contribution is 0.316. The summed E-state index contributed by atoms with van der Waals surface area (Å²) in [5.41, 5.74) is 6.26. The Bertz CT molecular complexity index is 513. The number of nitrogens with zero attached hydrogens (tertiary/aromatic N) is 4. The molecule has 0 aromatic carbocycles. The number of nitrogens with two attached hydrogens (primary N) is 1. The molecule has 0 amide bonds. The quantitative estimate of drug-likeness (QED) is 0.931. The molecule has 0 atom stereocenters. The van der Waals surface area contributed by atoms with Gasteiger partial charge in [-0.15, -0.1) is 5.10 Å². The maximum atomic E-state index is 5.51. The summed E-state index contributed by atoms with van der Waals surface area (Å²) in [5, 5.41) is 4.04. The zero-order valence-electron chi connectivity index (χ0n) is 9.30. The lowest BCUT2D eigenvalue weighted by Gasteiger charge is -2.06. The van der Waals surface area contributed by atoms with E-state index in [4.69, 9.17) is 10.5 Å². The summed E-state index contributed by atoms with van der Waals surface area (Å²) < 4.78 is 7.58. The molecule has 0 aliphatic heterocycles. The first kappa shape index (κ1) is 11.8. The summed E-state index contributed by atoms with van der Waals surface area (Å²) in [6, 6.07) is 1.83. The Morgan fingerprint density at radius 1 is 1.47 bits per heavy atom. The van der Waals surface area contributed by atoms with E-state index in [-0.39, 0.29) is 5.95 Å². The van der Waals surface area contributed by atoms with E-state index in [2.05, 4.69) is 31.0 Å². The molecule has 2 rings (SSSR count). The number of anilines is 1. The molecule has 0 bridgehead atoms. The molecule has 7 heteroatoms. The fraction of sp³-hybridized carbons (Fsp3) is 0.300. The van der Waals surface area contributed by atoms with Crippen LogP contribution in [0, 0.1) is 0 Å². The smallest absolute Gasteiger partial charge is 0.240 e. The lowest BCUT2D eigenvalue weighted by atomic mass is 10.4. The Kier molecular flexibility index (Phi) is 3.58. The predicted molar refractivity (Wildman–Crippen MR) is 67.1 cm³/mol. The maximum absolute atomic E-state index is 5.51. The van der Waals surface area contributed by atoms with E-state index in [1.807, 2.05) is 13.0 Å². The Balaban J connectivity index is 2.29. The SMILES string of the molecule is CCCOc1cncc(-n2nc(N)nc2Br)c1. The molecule has 17 heavy (non-hydrogen) atoms. The average Bonchev–Trinajstić information content (AvgIpc) is 2.66. The van der Waals surface area contributed by atoms with Crippen molar-refractivity contribution in [1.29, 1.82) is 0 Å². The second-order valence-corrected chi connectivity index (χ2v) is 4.09. The molecule has 0 aliphatic rings. The number of ether oxygens (including phenoxy) is 1. The normalized spacial score (nSPS) is 10.5. The molecule has 2 N–H and O–H groups in total. The molecule has 0 spiro atoms. The Morgan fingerprint density at radius 3 is 2.94 bits per heavy atom. The number of hydrogen-bond acceptors (Lipinski definition) is 5. The van der Waals surface area contributed by atoms with Crippen molar-refractivity contribution >= 4 is 21.9 Å². The molecule has 0 fully saturated rings. The molecule has 6 nitrogen and oxygen atoms in total. The van der Waals surface area contributed by atoms with E-state index in [1.165, 1.54) is 0 Å². The molecule has 0 radical (unpaired) electrons. The number of hydrogen-bond donors (Lipinski definition) is 1. The van der Waals surface area contributed by atoms with E-state index < -0.39 is 0 Å². The van der Waals surface area contributed by atoms with Gasteiger partial charge in [0.05, 0.1) is 24.7 Å². The summed E-state index contributed by atoms with van der Waals surface area (Å²) in [7, 11) is 0. The van der Waals surface area contributed by atoms with Crippen molar-refractivity contribution in [3.63, 3.8) is 0 Å². The monoisotopic (exact) mass is 297 g/mol. The van der Waals surface area contributed by atoms with Gasteiger partial charge >= 0.3 is 0 Å². The van der Waals surface area contributed by atoms with Crippen molar-refractivity contribution in [3.05, 3.63) is 23.2 Å². The third-order valence-electron chi connectivity index (χ3n) is 2.00. The minimum atomic E-state index is 0.205. The predicted octanol–water partition coefficient (Wildman–Crippen LogP) is 1.80. The van der Waals surface area contributed by atoms with Gasteiger partial charge < -0.3 is 10.5 Å². The fourth-order valence-electron chi connectivity index (χ4n) is 1.29. The summed E-state index contributed by atoms with van der Waals surface area (Å²) in [6.45, 7) is 2.71. The van der Waals surface area contributed by atoms with Crippen LogP contribution < -0.4 is 10.5 Å². The number of aromatic nitrogens is 4. The van der Waals surface area contributed by atoms with Crippen LogP contribution in [0.1, 0.15) is 13.3 Å². The van der Waals surface area contributed by atoms with Crippen molar-refractivity contribution in [1.82, 2.24) is 19.7 Å². The molecule has 0 unspecified atom stereocenters. The topological polar surface area (TPSA) is 78.8 Å². The number of halogens is 1. The van der Waals surface area contributed by atoms with Crippen molar-refractivity contribution in [2.75, 3.05) is 12.3 Å². The second kappa shape index (κ2) is 5.13. The van der Waals surface area contributed by atoms with Gasteiger partial charge in [-0.05, 0) is 22.4 Å². The van der Waals surface area contributed by atoms with Crippen LogP contribution in [0.2, 0.25) is 0 Å². The van der Waals surface area contributed by atoms with Gasteiger partial charge in [0, 0.05) is 6.07 Å². The third kappa shape index (κ3) is 2.73. The summed E-state index contributed by atoms with van der Waals surface area (Å²) in [6.07, 6.45) is 4.27. The van der Waals surface area contributed by atoms with Crippen LogP contribution in [0.25, 0.3) is 5.69 Å². The van der Waals surface area contributed by atoms with E-state index in [0.717, 1.165) is 12.1 Å². The van der Waals surface area contributed by atoms with Crippen molar-refractivity contribution in [3.8, 4) is 11.4 Å². The van der Waals surface area contributed by atoms with Gasteiger partial charge in [0.1, 0.15) is 5.75 Å². The Hall–Kier alpha value is -1.63. The lowest BCUT2D eigenvalue weighted by Crippen LogP contribution is -2.01. The average molecular weight is 298 g/mol. The summed E-state index contributed by atoms with van der Waals surface area (Å²) in [4.78, 5) is 8.05.